The summed E-state index contributed by atoms with van der Waals surface area (Å²) in [5.41, 5.74) is 3.63. The maximum atomic E-state index is 5.65. The van der Waals surface area contributed by atoms with Crippen LogP contribution in [0.25, 0.3) is 0 Å². The highest BCUT2D eigenvalue weighted by molar-refractivity contribution is 14.0. The van der Waals surface area contributed by atoms with Gasteiger partial charge in [0.2, 0.25) is 0 Å². The van der Waals surface area contributed by atoms with Gasteiger partial charge >= 0.3 is 0 Å². The van der Waals surface area contributed by atoms with Crippen molar-refractivity contribution >= 4 is 29.9 Å². The van der Waals surface area contributed by atoms with E-state index in [4.69, 9.17) is 9.47 Å². The number of hydrogen-bond acceptors (Lipinski definition) is 4. The minimum Gasteiger partial charge on any atom is -0.496 e. The maximum Gasteiger partial charge on any atom is 0.191 e. The van der Waals surface area contributed by atoms with E-state index in [1.807, 2.05) is 26.1 Å². The van der Waals surface area contributed by atoms with Crippen LogP contribution in [-0.2, 0) is 17.9 Å². The number of methoxy groups -OCH3 is 1. The van der Waals surface area contributed by atoms with Crippen LogP contribution in [0.15, 0.2) is 53.5 Å². The smallest absolute Gasteiger partial charge is 0.191 e. The zero-order chi connectivity index (χ0) is 21.9. The third-order valence-corrected chi connectivity index (χ3v) is 5.72. The number of nitrogens with one attached hydrogen (secondary N) is 2. The highest BCUT2D eigenvalue weighted by Gasteiger charge is 2.26. The van der Waals surface area contributed by atoms with E-state index >= 15 is 0 Å². The van der Waals surface area contributed by atoms with E-state index in [0.29, 0.717) is 6.61 Å². The van der Waals surface area contributed by atoms with Crippen molar-refractivity contribution in [2.45, 2.75) is 39.0 Å². The fourth-order valence-electron chi connectivity index (χ4n) is 4.00. The fourth-order valence-corrected chi connectivity index (χ4v) is 4.00. The van der Waals surface area contributed by atoms with Gasteiger partial charge in [-0.15, -0.1) is 24.0 Å². The molecular weight excluding hydrogens is 515 g/mol. The molecule has 3 rings (SSSR count). The van der Waals surface area contributed by atoms with Crippen molar-refractivity contribution in [3.05, 3.63) is 65.2 Å². The van der Waals surface area contributed by atoms with Gasteiger partial charge in [0.05, 0.1) is 19.8 Å². The molecule has 32 heavy (non-hydrogen) atoms. The number of likely N-dealkylation sites (tertiary alicyclic amines) is 1. The summed E-state index contributed by atoms with van der Waals surface area (Å²) < 4.78 is 11.1. The lowest BCUT2D eigenvalue weighted by Crippen LogP contribution is -2.42. The molecular formula is C25H37IN4O2. The molecule has 1 saturated heterocycles. The Balaban J connectivity index is 0.00000363. The Morgan fingerprint density at radius 3 is 2.38 bits per heavy atom. The molecule has 0 amide bonds. The minimum atomic E-state index is 0. The first kappa shape index (κ1) is 26.4. The van der Waals surface area contributed by atoms with Crippen LogP contribution < -0.4 is 15.4 Å². The van der Waals surface area contributed by atoms with Gasteiger partial charge in [-0.05, 0) is 50.0 Å². The number of halogens is 1. The first-order valence-corrected chi connectivity index (χ1v) is 11.2. The van der Waals surface area contributed by atoms with E-state index in [1.54, 1.807) is 7.11 Å². The Kier molecular flexibility index (Phi) is 11.8. The Morgan fingerprint density at radius 1 is 1.03 bits per heavy atom. The standard InChI is InChI=1S/C25H36N4O2.HI/c1-4-31-19-21-13-11-20(12-14-21)17-27-25(26-2)28-18-23(29-15-7-8-16-29)22-9-5-6-10-24(22)30-3;/h5-6,9-14,23H,4,7-8,15-19H2,1-3H3,(H2,26,27,28);1H. The van der Waals surface area contributed by atoms with Crippen molar-refractivity contribution in [2.24, 2.45) is 4.99 Å². The first-order valence-electron chi connectivity index (χ1n) is 11.2. The Morgan fingerprint density at radius 2 is 1.72 bits per heavy atom. The highest BCUT2D eigenvalue weighted by atomic mass is 127. The highest BCUT2D eigenvalue weighted by Crippen LogP contribution is 2.31. The van der Waals surface area contributed by atoms with E-state index in [2.05, 4.69) is 56.9 Å². The first-order chi connectivity index (χ1) is 15.2. The van der Waals surface area contributed by atoms with E-state index in [0.717, 1.165) is 44.5 Å². The number of guanidine groups is 1. The van der Waals surface area contributed by atoms with Crippen molar-refractivity contribution in [1.29, 1.82) is 0 Å². The second kappa shape index (κ2) is 14.3. The Bertz CT molecular complexity index is 823. The number of para-hydroxylation sites is 1. The van der Waals surface area contributed by atoms with Gasteiger partial charge in [-0.1, -0.05) is 42.5 Å². The largest absolute Gasteiger partial charge is 0.496 e. The average molecular weight is 553 g/mol. The van der Waals surface area contributed by atoms with Crippen molar-refractivity contribution in [1.82, 2.24) is 15.5 Å². The van der Waals surface area contributed by atoms with E-state index in [9.17, 15) is 0 Å². The van der Waals surface area contributed by atoms with Gasteiger partial charge in [-0.25, -0.2) is 0 Å². The molecule has 0 bridgehead atoms. The van der Waals surface area contributed by atoms with E-state index < -0.39 is 0 Å². The van der Waals surface area contributed by atoms with Crippen LogP contribution in [0.1, 0.15) is 42.5 Å². The molecule has 176 valence electrons. The number of ether oxygens (including phenoxy) is 2. The summed E-state index contributed by atoms with van der Waals surface area (Å²) in [7, 11) is 3.56. The number of hydrogen-bond donors (Lipinski definition) is 2. The van der Waals surface area contributed by atoms with Crippen molar-refractivity contribution in [3.8, 4) is 5.75 Å². The van der Waals surface area contributed by atoms with E-state index in [-0.39, 0.29) is 30.0 Å². The third-order valence-electron chi connectivity index (χ3n) is 5.72. The second-order valence-corrected chi connectivity index (χ2v) is 7.76. The summed E-state index contributed by atoms with van der Waals surface area (Å²) in [6.07, 6.45) is 2.50. The second-order valence-electron chi connectivity index (χ2n) is 7.76. The Hall–Kier alpha value is -1.84. The summed E-state index contributed by atoms with van der Waals surface area (Å²) in [4.78, 5) is 6.96. The molecule has 0 radical (unpaired) electrons. The quantitative estimate of drug-likeness (QED) is 0.261. The molecule has 1 heterocycles. The molecule has 6 nitrogen and oxygen atoms in total. The van der Waals surface area contributed by atoms with Crippen LogP contribution in [0, 0.1) is 0 Å². The summed E-state index contributed by atoms with van der Waals surface area (Å²) in [6.45, 7) is 7.13. The number of nitrogens with zero attached hydrogens (tertiary/aromatic N) is 2. The van der Waals surface area contributed by atoms with Gasteiger partial charge in [0, 0.05) is 32.3 Å². The molecule has 0 aromatic heterocycles. The number of rotatable bonds is 10. The molecule has 2 aromatic rings. The maximum absolute atomic E-state index is 5.65. The van der Waals surface area contributed by atoms with Crippen molar-refractivity contribution < 1.29 is 9.47 Å². The van der Waals surface area contributed by atoms with Gasteiger partial charge in [-0.2, -0.15) is 0 Å². The van der Waals surface area contributed by atoms with Crippen LogP contribution in [-0.4, -0.2) is 51.3 Å². The minimum absolute atomic E-state index is 0. The lowest BCUT2D eigenvalue weighted by molar-refractivity contribution is 0.134. The molecule has 0 spiro atoms. The van der Waals surface area contributed by atoms with Crippen molar-refractivity contribution in [3.63, 3.8) is 0 Å². The zero-order valence-electron chi connectivity index (χ0n) is 19.5. The van der Waals surface area contributed by atoms with Gasteiger partial charge in [0.1, 0.15) is 5.75 Å². The van der Waals surface area contributed by atoms with Crippen LogP contribution in [0.3, 0.4) is 0 Å². The van der Waals surface area contributed by atoms with Crippen molar-refractivity contribution in [2.75, 3.05) is 40.4 Å². The molecule has 1 unspecified atom stereocenters. The predicted molar refractivity (Wildman–Crippen MR) is 142 cm³/mol. The van der Waals surface area contributed by atoms with E-state index in [1.165, 1.54) is 29.5 Å². The summed E-state index contributed by atoms with van der Waals surface area (Å²) >= 11 is 0. The molecule has 7 heteroatoms. The van der Waals surface area contributed by atoms with Crippen LogP contribution in [0.4, 0.5) is 0 Å². The predicted octanol–water partition coefficient (Wildman–Crippen LogP) is 4.35. The average Bonchev–Trinajstić information content (AvgIpc) is 3.35. The van der Waals surface area contributed by atoms with Gasteiger partial charge < -0.3 is 20.1 Å². The lowest BCUT2D eigenvalue weighted by Gasteiger charge is -2.30. The van der Waals surface area contributed by atoms with Crippen LogP contribution >= 0.6 is 24.0 Å². The summed E-state index contributed by atoms with van der Waals surface area (Å²) in [6, 6.07) is 17.1. The normalized spacial score (nSPS) is 15.2. The number of benzene rings is 2. The zero-order valence-corrected chi connectivity index (χ0v) is 21.8. The third kappa shape index (κ3) is 7.64. The fraction of sp³-hybridized carbons (Fsp3) is 0.480. The molecule has 1 aliphatic heterocycles. The van der Waals surface area contributed by atoms with Crippen LogP contribution in [0.2, 0.25) is 0 Å². The topological polar surface area (TPSA) is 58.1 Å². The van der Waals surface area contributed by atoms with Gasteiger partial charge in [0.15, 0.2) is 5.96 Å². The summed E-state index contributed by atoms with van der Waals surface area (Å²) in [5.74, 6) is 1.74. The summed E-state index contributed by atoms with van der Waals surface area (Å²) in [5, 5.41) is 6.96. The molecule has 2 aromatic carbocycles. The molecule has 0 aliphatic carbocycles. The molecule has 1 atom stereocenters. The molecule has 0 saturated carbocycles. The molecule has 1 fully saturated rings. The van der Waals surface area contributed by atoms with Gasteiger partial charge in [-0.3, -0.25) is 9.89 Å². The Labute approximate surface area is 209 Å². The number of aliphatic imine (C=N–C) groups is 1. The SMILES string of the molecule is CCOCc1ccc(CNC(=NC)NCC(c2ccccc2OC)N2CCCC2)cc1.I. The molecule has 1 aliphatic rings. The molecule has 2 N–H and O–H groups in total. The van der Waals surface area contributed by atoms with Crippen LogP contribution in [0.5, 0.6) is 5.75 Å². The lowest BCUT2D eigenvalue weighted by atomic mass is 10.0. The van der Waals surface area contributed by atoms with Gasteiger partial charge in [0.25, 0.3) is 0 Å². The monoisotopic (exact) mass is 552 g/mol.